The first-order valence-corrected chi connectivity index (χ1v) is 1.75. The fourth-order valence-corrected chi connectivity index (χ4v) is 0. The molecule has 0 heterocycles. The van der Waals surface area contributed by atoms with E-state index in [1.165, 1.54) is 0 Å². The van der Waals surface area contributed by atoms with Gasteiger partial charge in [0, 0.05) is 40.8 Å². The van der Waals surface area contributed by atoms with Gasteiger partial charge < -0.3 is 5.48 Å². The van der Waals surface area contributed by atoms with Crippen LogP contribution in [-0.2, 0) is 0 Å². The van der Waals surface area contributed by atoms with Crippen LogP contribution in [0, 0.1) is 55.6 Å². The van der Waals surface area contributed by atoms with Gasteiger partial charge in [0.15, 0.2) is 0 Å². The van der Waals surface area contributed by atoms with Gasteiger partial charge in [0.1, 0.15) is 14.7 Å². The van der Waals surface area contributed by atoms with Crippen molar-refractivity contribution >= 4 is 0 Å². The van der Waals surface area contributed by atoms with Crippen LogP contribution in [-0.4, -0.2) is 52.0 Å². The van der Waals surface area contributed by atoms with Gasteiger partial charge >= 0.3 is 15.3 Å². The van der Waals surface area contributed by atoms with Crippen molar-refractivity contribution in [3.8, 4) is 0 Å². The quantitative estimate of drug-likeness (QED) is 0.260. The molecule has 0 bridgehead atoms. The molecule has 0 saturated carbocycles. The molecular weight excluding hydrogens is 346 g/mol. The van der Waals surface area contributed by atoms with Crippen molar-refractivity contribution in [3.05, 3.63) is 14.7 Å². The Kier molecular flexibility index (Phi) is 47.4. The molecule has 14 heteroatoms. The SMILES string of the molecule is O.O=[N+](O)O.O=[N+](O)O.O=[N+](O)O.[Nd]. The molecule has 13 nitrogen and oxygen atoms in total. The van der Waals surface area contributed by atoms with Crippen LogP contribution in [0.3, 0.4) is 0 Å². The summed E-state index contributed by atoms with van der Waals surface area (Å²) in [5, 5.41) is 37.6. The average molecular weight is 354 g/mol. The van der Waals surface area contributed by atoms with E-state index in [0.29, 0.717) is 0 Å². The zero-order valence-corrected chi connectivity index (χ0v) is 9.46. The minimum atomic E-state index is -1.25. The molecular formula is H8N3NdO10+3. The third-order valence-electron chi connectivity index (χ3n) is 0. The van der Waals surface area contributed by atoms with Crippen LogP contribution < -0.4 is 0 Å². The van der Waals surface area contributed by atoms with Gasteiger partial charge in [0.2, 0.25) is 0 Å². The molecule has 0 atom stereocenters. The van der Waals surface area contributed by atoms with E-state index in [9.17, 15) is 0 Å². The Morgan fingerprint density at radius 2 is 0.571 bits per heavy atom. The van der Waals surface area contributed by atoms with Crippen molar-refractivity contribution in [2.45, 2.75) is 0 Å². The summed E-state index contributed by atoms with van der Waals surface area (Å²) in [6, 6.07) is 0. The van der Waals surface area contributed by atoms with E-state index in [1.54, 1.807) is 0 Å². The van der Waals surface area contributed by atoms with Crippen LogP contribution in [0.1, 0.15) is 0 Å². The Balaban J connectivity index is -0.0000000270. The first-order valence-electron chi connectivity index (χ1n) is 1.75. The summed E-state index contributed by atoms with van der Waals surface area (Å²) in [5.41, 5.74) is 0. The molecule has 8 N–H and O–H groups in total. The smallest absolute Gasteiger partial charge is 0.412 e. The summed E-state index contributed by atoms with van der Waals surface area (Å²) >= 11 is 0. The zero-order chi connectivity index (χ0) is 10.7. The van der Waals surface area contributed by atoms with Crippen LogP contribution in [0.15, 0.2) is 0 Å². The molecule has 0 aliphatic heterocycles. The van der Waals surface area contributed by atoms with Gasteiger partial charge in [-0.15, -0.1) is 0 Å². The summed E-state index contributed by atoms with van der Waals surface area (Å²) in [6.45, 7) is 0. The van der Waals surface area contributed by atoms with Crippen LogP contribution in [0.4, 0.5) is 0 Å². The van der Waals surface area contributed by atoms with Gasteiger partial charge in [0.05, 0.1) is 0 Å². The van der Waals surface area contributed by atoms with Crippen LogP contribution in [0.2, 0.25) is 0 Å². The van der Waals surface area contributed by atoms with E-state index in [0.717, 1.165) is 0 Å². The number of hydrogen-bond acceptors (Lipinski definition) is 3. The fraction of sp³-hybridized carbons (Fsp3) is 0. The Hall–Kier alpha value is -1.09. The second-order valence-corrected chi connectivity index (χ2v) is 0.758. The first kappa shape index (κ1) is 29.3. The third-order valence-corrected chi connectivity index (χ3v) is 0. The molecule has 0 amide bonds. The Bertz CT molecular complexity index is 113. The maximum Gasteiger partial charge on any atom is 0.472 e. The van der Waals surface area contributed by atoms with Crippen LogP contribution in [0.25, 0.3) is 0 Å². The fourth-order valence-electron chi connectivity index (χ4n) is 0. The summed E-state index contributed by atoms with van der Waals surface area (Å²) in [5.74, 6) is 0. The molecule has 0 spiro atoms. The molecule has 0 aliphatic carbocycles. The minimum Gasteiger partial charge on any atom is -0.412 e. The largest absolute Gasteiger partial charge is 0.472 e. The summed E-state index contributed by atoms with van der Waals surface area (Å²) in [7, 11) is 0. The molecule has 0 aliphatic rings. The van der Waals surface area contributed by atoms with Crippen molar-refractivity contribution in [1.82, 2.24) is 0 Å². The molecule has 0 fully saturated rings. The van der Waals surface area contributed by atoms with E-state index in [4.69, 9.17) is 46.0 Å². The van der Waals surface area contributed by atoms with Crippen molar-refractivity contribution in [3.63, 3.8) is 0 Å². The summed E-state index contributed by atoms with van der Waals surface area (Å²) < 4.78 is 0. The molecule has 14 heavy (non-hydrogen) atoms. The van der Waals surface area contributed by atoms with E-state index >= 15 is 0 Å². The standard InChI is InChI=1S/3H2NO3.Nd.H2O/c3*2-1(3)4;;/h3*(H2,2,3,4);;1H2/q3*+1;;. The maximum atomic E-state index is 8.47. The van der Waals surface area contributed by atoms with Gasteiger partial charge in [-0.3, -0.25) is 0 Å². The molecule has 0 radical (unpaired) electrons. The number of hydrogen-bond donors (Lipinski definition) is 6. The molecule has 0 unspecified atom stereocenters. The second kappa shape index (κ2) is 22.7. The van der Waals surface area contributed by atoms with E-state index in [1.807, 2.05) is 0 Å². The molecule has 0 saturated heterocycles. The van der Waals surface area contributed by atoms with Crippen molar-refractivity contribution < 1.29 is 92.8 Å². The number of nitrogens with zero attached hydrogens (tertiary/aromatic N) is 3. The van der Waals surface area contributed by atoms with Gasteiger partial charge in [-0.1, -0.05) is 0 Å². The maximum absolute atomic E-state index is 8.47. The molecule has 0 aromatic carbocycles. The monoisotopic (exact) mass is 352 g/mol. The predicted octanol–water partition coefficient (Wildman–Crippen LogP) is -2.19. The molecule has 0 aromatic heterocycles. The normalized spacial score (nSPS) is 5.14. The minimum absolute atomic E-state index is 0. The third kappa shape index (κ3) is 903. The summed E-state index contributed by atoms with van der Waals surface area (Å²) in [6.07, 6.45) is 0. The second-order valence-electron chi connectivity index (χ2n) is 0.758. The van der Waals surface area contributed by atoms with Crippen molar-refractivity contribution in [2.75, 3.05) is 0 Å². The average Bonchev–Trinajstić information content (AvgIpc) is 1.54. The zero-order valence-electron chi connectivity index (χ0n) is 6.25. The Morgan fingerprint density at radius 1 is 0.571 bits per heavy atom. The van der Waals surface area contributed by atoms with E-state index in [-0.39, 0.29) is 46.3 Å². The predicted molar refractivity (Wildman–Crippen MR) is 25.2 cm³/mol. The molecule has 0 rings (SSSR count). The van der Waals surface area contributed by atoms with Gasteiger partial charge in [-0.05, 0) is 0 Å². The Labute approximate surface area is 107 Å². The van der Waals surface area contributed by atoms with E-state index in [2.05, 4.69) is 0 Å². The first-order chi connectivity index (χ1) is 5.20. The van der Waals surface area contributed by atoms with Gasteiger partial charge in [-0.25, -0.2) is 31.2 Å². The van der Waals surface area contributed by atoms with Gasteiger partial charge in [-0.2, -0.15) is 0 Å². The topological polar surface area (TPSA) is 213 Å². The van der Waals surface area contributed by atoms with Crippen LogP contribution >= 0.6 is 0 Å². The Morgan fingerprint density at radius 3 is 0.571 bits per heavy atom. The van der Waals surface area contributed by atoms with Gasteiger partial charge in [0.25, 0.3) is 0 Å². The number of rotatable bonds is 0. The molecule has 0 aromatic rings. The van der Waals surface area contributed by atoms with Crippen molar-refractivity contribution in [2.24, 2.45) is 0 Å². The van der Waals surface area contributed by atoms with Crippen LogP contribution in [0.5, 0.6) is 0 Å². The van der Waals surface area contributed by atoms with Crippen molar-refractivity contribution in [1.29, 1.82) is 0 Å². The van der Waals surface area contributed by atoms with E-state index < -0.39 is 15.3 Å². The summed E-state index contributed by atoms with van der Waals surface area (Å²) in [4.78, 5) is 25.4. The molecule has 84 valence electrons.